The summed E-state index contributed by atoms with van der Waals surface area (Å²) in [6.45, 7) is 2.52. The second-order valence-electron chi connectivity index (χ2n) is 4.73. The van der Waals surface area contributed by atoms with Crippen LogP contribution < -0.4 is 10.2 Å². The highest BCUT2D eigenvalue weighted by Crippen LogP contribution is 2.33. The first-order valence-electron chi connectivity index (χ1n) is 6.55. The minimum Gasteiger partial charge on any atom is -0.339 e. The molecule has 1 N–H and O–H groups in total. The molecule has 3 rings (SSSR count). The molecule has 0 aliphatic carbocycles. The van der Waals surface area contributed by atoms with Crippen LogP contribution in [0, 0.1) is 11.3 Å². The van der Waals surface area contributed by atoms with Gasteiger partial charge >= 0.3 is 0 Å². The molecule has 2 aromatic rings. The first-order chi connectivity index (χ1) is 9.79. The molecule has 0 amide bonds. The number of nitriles is 1. The Morgan fingerprint density at radius 2 is 2.00 bits per heavy atom. The molecule has 2 aromatic carbocycles. The molecule has 0 fully saturated rings. The van der Waals surface area contributed by atoms with Crippen LogP contribution in [0.5, 0.6) is 0 Å². The molecule has 0 unspecified atom stereocenters. The van der Waals surface area contributed by atoms with E-state index in [2.05, 4.69) is 28.4 Å². The molecular formula is C16H14ClN3. The van der Waals surface area contributed by atoms with Crippen molar-refractivity contribution in [3.05, 3.63) is 58.6 Å². The third-order valence-electron chi connectivity index (χ3n) is 3.48. The van der Waals surface area contributed by atoms with Gasteiger partial charge in [-0.25, -0.2) is 0 Å². The van der Waals surface area contributed by atoms with Crippen molar-refractivity contribution in [3.8, 4) is 6.07 Å². The second kappa shape index (κ2) is 5.54. The lowest BCUT2D eigenvalue weighted by Gasteiger charge is -2.25. The van der Waals surface area contributed by atoms with Gasteiger partial charge in [0.25, 0.3) is 0 Å². The Kier molecular flexibility index (Phi) is 3.60. The van der Waals surface area contributed by atoms with Crippen molar-refractivity contribution in [2.75, 3.05) is 18.0 Å². The summed E-state index contributed by atoms with van der Waals surface area (Å²) in [6, 6.07) is 15.9. The smallest absolute Gasteiger partial charge is 0.101 e. The van der Waals surface area contributed by atoms with Gasteiger partial charge in [-0.15, -0.1) is 0 Å². The molecule has 0 radical (unpaired) electrons. The quantitative estimate of drug-likeness (QED) is 0.871. The Morgan fingerprint density at radius 1 is 1.15 bits per heavy atom. The fraction of sp³-hybridized carbons (Fsp3) is 0.188. The summed E-state index contributed by atoms with van der Waals surface area (Å²) in [4.78, 5) is 2.17. The molecule has 4 heteroatoms. The zero-order chi connectivity index (χ0) is 13.9. The van der Waals surface area contributed by atoms with Gasteiger partial charge in [-0.05, 0) is 29.8 Å². The molecule has 100 valence electrons. The number of para-hydroxylation sites is 1. The van der Waals surface area contributed by atoms with Crippen molar-refractivity contribution in [2.24, 2.45) is 0 Å². The molecule has 0 atom stereocenters. The van der Waals surface area contributed by atoms with Crippen LogP contribution in [0.1, 0.15) is 11.1 Å². The van der Waals surface area contributed by atoms with Gasteiger partial charge in [0.15, 0.2) is 0 Å². The summed E-state index contributed by atoms with van der Waals surface area (Å²) in [5.74, 6) is 0. The van der Waals surface area contributed by atoms with Crippen LogP contribution in [-0.2, 0) is 6.54 Å². The van der Waals surface area contributed by atoms with Gasteiger partial charge in [0.2, 0.25) is 0 Å². The van der Waals surface area contributed by atoms with Crippen molar-refractivity contribution in [1.29, 1.82) is 5.26 Å². The number of hydrogen-bond acceptors (Lipinski definition) is 3. The topological polar surface area (TPSA) is 39.1 Å². The average Bonchev–Trinajstić information content (AvgIpc) is 2.69. The van der Waals surface area contributed by atoms with Crippen molar-refractivity contribution in [2.45, 2.75) is 6.54 Å². The molecule has 0 saturated heterocycles. The van der Waals surface area contributed by atoms with Crippen LogP contribution in [0.2, 0.25) is 5.02 Å². The molecule has 1 aliphatic heterocycles. The van der Waals surface area contributed by atoms with Crippen molar-refractivity contribution < 1.29 is 0 Å². The molecule has 1 heterocycles. The van der Waals surface area contributed by atoms with E-state index in [9.17, 15) is 5.26 Å². The molecule has 0 spiro atoms. The number of halogens is 1. The predicted octanol–water partition coefficient (Wildman–Crippen LogP) is 3.45. The summed E-state index contributed by atoms with van der Waals surface area (Å²) in [7, 11) is 0. The minimum absolute atomic E-state index is 0.645. The van der Waals surface area contributed by atoms with E-state index in [0.29, 0.717) is 10.6 Å². The second-order valence-corrected chi connectivity index (χ2v) is 5.17. The summed E-state index contributed by atoms with van der Waals surface area (Å²) < 4.78 is 0. The maximum absolute atomic E-state index is 9.32. The van der Waals surface area contributed by atoms with Crippen LogP contribution >= 0.6 is 11.6 Å². The Hall–Kier alpha value is -2.02. The molecule has 1 aliphatic rings. The number of anilines is 2. The summed E-state index contributed by atoms with van der Waals surface area (Å²) >= 11 is 6.11. The standard InChI is InChI=1S/C16H14ClN3/c17-14-6-5-12(10-18)16(9-14)20-8-7-19-11-13-3-1-2-4-15(13)20/h1-6,9,19H,7-8,11H2. The van der Waals surface area contributed by atoms with Gasteiger partial charge in [0.05, 0.1) is 11.3 Å². The van der Waals surface area contributed by atoms with Gasteiger partial charge in [-0.3, -0.25) is 0 Å². The first kappa shape index (κ1) is 13.0. The van der Waals surface area contributed by atoms with Gasteiger partial charge in [-0.1, -0.05) is 29.8 Å². The van der Waals surface area contributed by atoms with Crippen molar-refractivity contribution in [1.82, 2.24) is 5.32 Å². The number of nitrogens with zero attached hydrogens (tertiary/aromatic N) is 2. The largest absolute Gasteiger partial charge is 0.339 e. The van der Waals surface area contributed by atoms with E-state index < -0.39 is 0 Å². The number of nitrogens with one attached hydrogen (secondary N) is 1. The van der Waals surface area contributed by atoms with E-state index in [1.54, 1.807) is 12.1 Å². The lowest BCUT2D eigenvalue weighted by atomic mass is 10.1. The highest BCUT2D eigenvalue weighted by Gasteiger charge is 2.18. The van der Waals surface area contributed by atoms with E-state index in [1.807, 2.05) is 18.2 Å². The number of hydrogen-bond donors (Lipinski definition) is 1. The molecule has 20 heavy (non-hydrogen) atoms. The van der Waals surface area contributed by atoms with E-state index in [0.717, 1.165) is 31.0 Å². The monoisotopic (exact) mass is 283 g/mol. The number of rotatable bonds is 1. The summed E-state index contributed by atoms with van der Waals surface area (Å²) in [6.07, 6.45) is 0. The lowest BCUT2D eigenvalue weighted by molar-refractivity contribution is 0.712. The normalized spacial score (nSPS) is 14.3. The Morgan fingerprint density at radius 3 is 2.85 bits per heavy atom. The number of fused-ring (bicyclic) bond motifs is 1. The van der Waals surface area contributed by atoms with Crippen LogP contribution in [0.15, 0.2) is 42.5 Å². The van der Waals surface area contributed by atoms with Gasteiger partial charge < -0.3 is 10.2 Å². The maximum atomic E-state index is 9.32. The fourth-order valence-electron chi connectivity index (χ4n) is 2.53. The Bertz CT molecular complexity index is 676. The van der Waals surface area contributed by atoms with E-state index in [4.69, 9.17) is 11.6 Å². The highest BCUT2D eigenvalue weighted by atomic mass is 35.5. The predicted molar refractivity (Wildman–Crippen MR) is 81.3 cm³/mol. The molecule has 3 nitrogen and oxygen atoms in total. The van der Waals surface area contributed by atoms with Crippen LogP contribution in [0.4, 0.5) is 11.4 Å². The summed E-state index contributed by atoms with van der Waals surface area (Å²) in [5, 5.41) is 13.4. The Balaban J connectivity index is 2.15. The van der Waals surface area contributed by atoms with Crippen molar-refractivity contribution >= 4 is 23.0 Å². The first-order valence-corrected chi connectivity index (χ1v) is 6.93. The van der Waals surface area contributed by atoms with Crippen LogP contribution in [0.25, 0.3) is 0 Å². The third-order valence-corrected chi connectivity index (χ3v) is 3.72. The minimum atomic E-state index is 0.645. The zero-order valence-electron chi connectivity index (χ0n) is 10.9. The molecule has 0 aromatic heterocycles. The number of benzene rings is 2. The third kappa shape index (κ3) is 2.36. The van der Waals surface area contributed by atoms with E-state index in [-0.39, 0.29) is 0 Å². The van der Waals surface area contributed by atoms with Crippen molar-refractivity contribution in [3.63, 3.8) is 0 Å². The van der Waals surface area contributed by atoms with Gasteiger partial charge in [-0.2, -0.15) is 5.26 Å². The maximum Gasteiger partial charge on any atom is 0.101 e. The average molecular weight is 284 g/mol. The fourth-order valence-corrected chi connectivity index (χ4v) is 2.70. The lowest BCUT2D eigenvalue weighted by Crippen LogP contribution is -2.25. The van der Waals surface area contributed by atoms with Crippen LogP contribution in [0.3, 0.4) is 0 Å². The zero-order valence-corrected chi connectivity index (χ0v) is 11.7. The van der Waals surface area contributed by atoms with Crippen LogP contribution in [-0.4, -0.2) is 13.1 Å². The highest BCUT2D eigenvalue weighted by molar-refractivity contribution is 6.31. The SMILES string of the molecule is N#Cc1ccc(Cl)cc1N1CCNCc2ccccc21. The summed E-state index contributed by atoms with van der Waals surface area (Å²) in [5.41, 5.74) is 3.88. The van der Waals surface area contributed by atoms with E-state index in [1.165, 1.54) is 5.56 Å². The molecule has 0 saturated carbocycles. The van der Waals surface area contributed by atoms with Gasteiger partial charge in [0.1, 0.15) is 6.07 Å². The molecule has 0 bridgehead atoms. The van der Waals surface area contributed by atoms with Gasteiger partial charge in [0, 0.05) is 30.3 Å². The van der Waals surface area contributed by atoms with E-state index >= 15 is 0 Å². The Labute approximate surface area is 123 Å². The molecular weight excluding hydrogens is 270 g/mol.